The molecule has 0 saturated heterocycles. The fraction of sp³-hybridized carbons (Fsp3) is 0.429. The van der Waals surface area contributed by atoms with Crippen molar-refractivity contribution in [3.63, 3.8) is 0 Å². The van der Waals surface area contributed by atoms with Crippen LogP contribution >= 0.6 is 0 Å². The molecule has 1 aliphatic rings. The van der Waals surface area contributed by atoms with Gasteiger partial charge in [-0.05, 0) is 37.8 Å². The Hall–Kier alpha value is -1.64. The minimum absolute atomic E-state index is 0.252. The topological polar surface area (TPSA) is 38.0 Å². The molecule has 0 aromatic heterocycles. The summed E-state index contributed by atoms with van der Waals surface area (Å²) in [5, 5.41) is 3.76. The number of benzene rings is 2. The Labute approximate surface area is 140 Å². The van der Waals surface area contributed by atoms with E-state index in [4.69, 9.17) is 5.73 Å². The van der Waals surface area contributed by atoms with Gasteiger partial charge in [0.15, 0.2) is 0 Å². The first kappa shape index (κ1) is 16.2. The molecular formula is C21H28N2. The fourth-order valence-corrected chi connectivity index (χ4v) is 3.99. The molecule has 2 nitrogen and oxygen atoms in total. The van der Waals surface area contributed by atoms with Crippen LogP contribution in [0.15, 0.2) is 48.5 Å². The minimum atomic E-state index is -0.252. The van der Waals surface area contributed by atoms with Crippen molar-refractivity contribution >= 4 is 0 Å². The number of hydrogen-bond donors (Lipinski definition) is 2. The number of aryl methyl sites for hydroxylation is 2. The third kappa shape index (κ3) is 3.65. The zero-order valence-electron chi connectivity index (χ0n) is 14.3. The number of nitrogens with one attached hydrogen (secondary N) is 1. The summed E-state index contributed by atoms with van der Waals surface area (Å²) in [6.45, 7) is 5.21. The van der Waals surface area contributed by atoms with E-state index >= 15 is 0 Å². The molecule has 122 valence electrons. The van der Waals surface area contributed by atoms with Crippen molar-refractivity contribution in [3.05, 3.63) is 70.8 Å². The van der Waals surface area contributed by atoms with Gasteiger partial charge in [0.05, 0.1) is 5.54 Å². The van der Waals surface area contributed by atoms with Crippen molar-refractivity contribution < 1.29 is 0 Å². The van der Waals surface area contributed by atoms with Gasteiger partial charge in [-0.1, -0.05) is 72.5 Å². The van der Waals surface area contributed by atoms with Gasteiger partial charge in [0.2, 0.25) is 0 Å². The van der Waals surface area contributed by atoms with Gasteiger partial charge in [-0.3, -0.25) is 0 Å². The molecule has 23 heavy (non-hydrogen) atoms. The second-order valence-corrected chi connectivity index (χ2v) is 7.08. The first-order valence-corrected chi connectivity index (χ1v) is 8.73. The van der Waals surface area contributed by atoms with Gasteiger partial charge in [0.1, 0.15) is 0 Å². The molecule has 3 rings (SSSR count). The largest absolute Gasteiger partial charge is 0.320 e. The second kappa shape index (κ2) is 6.86. The van der Waals surface area contributed by atoms with Gasteiger partial charge >= 0.3 is 0 Å². The van der Waals surface area contributed by atoms with Crippen LogP contribution in [0.4, 0.5) is 0 Å². The molecule has 2 aromatic carbocycles. The Morgan fingerprint density at radius 2 is 1.74 bits per heavy atom. The summed E-state index contributed by atoms with van der Waals surface area (Å²) in [6.07, 6.45) is 4.68. The molecule has 0 radical (unpaired) electrons. The van der Waals surface area contributed by atoms with E-state index in [1.54, 1.807) is 0 Å². The molecule has 2 unspecified atom stereocenters. The number of hydrogen-bond acceptors (Lipinski definition) is 2. The lowest BCUT2D eigenvalue weighted by atomic mass is 9.73. The third-order valence-corrected chi connectivity index (χ3v) is 5.10. The Balaban J connectivity index is 1.77. The van der Waals surface area contributed by atoms with Crippen LogP contribution < -0.4 is 11.1 Å². The number of rotatable bonds is 4. The van der Waals surface area contributed by atoms with Crippen molar-refractivity contribution in [2.45, 2.75) is 57.7 Å². The van der Waals surface area contributed by atoms with Gasteiger partial charge in [0, 0.05) is 12.6 Å². The van der Waals surface area contributed by atoms with Crippen LogP contribution in [-0.2, 0) is 12.1 Å². The van der Waals surface area contributed by atoms with Gasteiger partial charge in [-0.25, -0.2) is 0 Å². The maximum atomic E-state index is 6.89. The third-order valence-electron chi connectivity index (χ3n) is 5.10. The van der Waals surface area contributed by atoms with Crippen molar-refractivity contribution in [2.75, 3.05) is 0 Å². The lowest BCUT2D eigenvalue weighted by Gasteiger charge is -2.42. The molecule has 0 bridgehead atoms. The molecule has 2 aromatic rings. The lowest BCUT2D eigenvalue weighted by Crippen LogP contribution is -2.56. The van der Waals surface area contributed by atoms with E-state index in [9.17, 15) is 0 Å². The van der Waals surface area contributed by atoms with E-state index in [1.807, 2.05) is 0 Å². The standard InChI is InChI=1S/C21H28N2/c1-16-12-17(2)14-18(13-16)15-23-20-10-6-7-11-21(20,22)19-8-4-3-5-9-19/h3-5,8-9,12-14,20,23H,6-7,10-11,15,22H2,1-2H3. The predicted molar refractivity (Wildman–Crippen MR) is 97.3 cm³/mol. The highest BCUT2D eigenvalue weighted by molar-refractivity contribution is 5.30. The molecule has 0 spiro atoms. The average Bonchev–Trinajstić information content (AvgIpc) is 2.54. The molecule has 0 heterocycles. The van der Waals surface area contributed by atoms with E-state index in [1.165, 1.54) is 35.1 Å². The second-order valence-electron chi connectivity index (χ2n) is 7.08. The minimum Gasteiger partial charge on any atom is -0.320 e. The summed E-state index contributed by atoms with van der Waals surface area (Å²) in [5.74, 6) is 0. The first-order valence-electron chi connectivity index (χ1n) is 8.73. The maximum Gasteiger partial charge on any atom is 0.0565 e. The normalized spacial score (nSPS) is 24.6. The van der Waals surface area contributed by atoms with Crippen LogP contribution in [0, 0.1) is 13.8 Å². The molecule has 2 heteroatoms. The zero-order valence-corrected chi connectivity index (χ0v) is 14.3. The van der Waals surface area contributed by atoms with Crippen molar-refractivity contribution in [3.8, 4) is 0 Å². The van der Waals surface area contributed by atoms with Crippen LogP contribution in [0.3, 0.4) is 0 Å². The molecule has 3 N–H and O–H groups in total. The molecule has 1 saturated carbocycles. The molecule has 1 fully saturated rings. The van der Waals surface area contributed by atoms with Crippen molar-refractivity contribution in [1.29, 1.82) is 0 Å². The number of nitrogens with two attached hydrogens (primary N) is 1. The highest BCUT2D eigenvalue weighted by Gasteiger charge is 2.38. The molecule has 0 amide bonds. The first-order chi connectivity index (χ1) is 11.1. The summed E-state index contributed by atoms with van der Waals surface area (Å²) in [7, 11) is 0. The SMILES string of the molecule is Cc1cc(C)cc(CNC2CCCCC2(N)c2ccccc2)c1. The zero-order chi connectivity index (χ0) is 16.3. The van der Waals surface area contributed by atoms with Crippen molar-refractivity contribution in [1.82, 2.24) is 5.32 Å². The van der Waals surface area contributed by atoms with E-state index in [0.717, 1.165) is 19.4 Å². The monoisotopic (exact) mass is 308 g/mol. The molecule has 1 aliphatic carbocycles. The summed E-state index contributed by atoms with van der Waals surface area (Å²) >= 11 is 0. The van der Waals surface area contributed by atoms with Crippen molar-refractivity contribution in [2.24, 2.45) is 5.73 Å². The van der Waals surface area contributed by atoms with Crippen LogP contribution in [0.2, 0.25) is 0 Å². The Morgan fingerprint density at radius 3 is 2.43 bits per heavy atom. The summed E-state index contributed by atoms with van der Waals surface area (Å²) in [6, 6.07) is 17.7. The smallest absolute Gasteiger partial charge is 0.0565 e. The summed E-state index contributed by atoms with van der Waals surface area (Å²) < 4.78 is 0. The highest BCUT2D eigenvalue weighted by atomic mass is 15.0. The fourth-order valence-electron chi connectivity index (χ4n) is 3.99. The predicted octanol–water partition coefficient (Wildman–Crippen LogP) is 4.19. The van der Waals surface area contributed by atoms with Gasteiger partial charge in [0.25, 0.3) is 0 Å². The van der Waals surface area contributed by atoms with E-state index in [0.29, 0.717) is 6.04 Å². The van der Waals surface area contributed by atoms with Crippen LogP contribution in [-0.4, -0.2) is 6.04 Å². The molecular weight excluding hydrogens is 280 g/mol. The summed E-state index contributed by atoms with van der Waals surface area (Å²) in [5.41, 5.74) is 11.9. The average molecular weight is 308 g/mol. The quantitative estimate of drug-likeness (QED) is 0.889. The Morgan fingerprint density at radius 1 is 1.04 bits per heavy atom. The Bertz CT molecular complexity index is 630. The molecule has 0 aliphatic heterocycles. The van der Waals surface area contributed by atoms with E-state index in [2.05, 4.69) is 67.7 Å². The lowest BCUT2D eigenvalue weighted by molar-refractivity contribution is 0.215. The molecule has 2 atom stereocenters. The summed E-state index contributed by atoms with van der Waals surface area (Å²) in [4.78, 5) is 0. The van der Waals surface area contributed by atoms with E-state index in [-0.39, 0.29) is 5.54 Å². The van der Waals surface area contributed by atoms with Crippen LogP contribution in [0.5, 0.6) is 0 Å². The van der Waals surface area contributed by atoms with Gasteiger partial charge in [-0.15, -0.1) is 0 Å². The highest BCUT2D eigenvalue weighted by Crippen LogP contribution is 2.35. The Kier molecular flexibility index (Phi) is 4.84. The van der Waals surface area contributed by atoms with Crippen LogP contribution in [0.1, 0.15) is 47.9 Å². The van der Waals surface area contributed by atoms with Crippen LogP contribution in [0.25, 0.3) is 0 Å². The van der Waals surface area contributed by atoms with Gasteiger partial charge in [-0.2, -0.15) is 0 Å². The van der Waals surface area contributed by atoms with Gasteiger partial charge < -0.3 is 11.1 Å². The van der Waals surface area contributed by atoms with E-state index < -0.39 is 0 Å². The maximum absolute atomic E-state index is 6.89.